The molecule has 0 amide bonds. The van der Waals surface area contributed by atoms with Crippen molar-refractivity contribution < 1.29 is 4.52 Å². The van der Waals surface area contributed by atoms with Crippen LogP contribution in [-0.2, 0) is 6.42 Å². The first-order valence-electron chi connectivity index (χ1n) is 8.27. The SMILES string of the molecule is CC(C)C(C)N(CCCc1nc(-c2cccs2)no1)C1CC1. The number of hydrogen-bond donors (Lipinski definition) is 0. The molecule has 0 radical (unpaired) electrons. The lowest BCUT2D eigenvalue weighted by molar-refractivity contribution is 0.156. The molecule has 2 aromatic rings. The topological polar surface area (TPSA) is 42.2 Å². The first-order valence-corrected chi connectivity index (χ1v) is 9.15. The predicted molar refractivity (Wildman–Crippen MR) is 90.0 cm³/mol. The highest BCUT2D eigenvalue weighted by molar-refractivity contribution is 7.13. The minimum absolute atomic E-state index is 0.650. The van der Waals surface area contributed by atoms with Crippen LogP contribution in [0.2, 0.25) is 0 Å². The maximum absolute atomic E-state index is 5.38. The van der Waals surface area contributed by atoms with Gasteiger partial charge in [0.1, 0.15) is 0 Å². The summed E-state index contributed by atoms with van der Waals surface area (Å²) in [7, 11) is 0. The number of thiophene rings is 1. The molecule has 1 aliphatic rings. The minimum atomic E-state index is 0.650. The highest BCUT2D eigenvalue weighted by Gasteiger charge is 2.32. The minimum Gasteiger partial charge on any atom is -0.339 e. The summed E-state index contributed by atoms with van der Waals surface area (Å²) in [5.41, 5.74) is 0. The van der Waals surface area contributed by atoms with Crippen molar-refractivity contribution in [1.82, 2.24) is 15.0 Å². The molecule has 3 rings (SSSR count). The molecule has 120 valence electrons. The van der Waals surface area contributed by atoms with E-state index in [0.717, 1.165) is 42.0 Å². The second-order valence-electron chi connectivity index (χ2n) is 6.55. The van der Waals surface area contributed by atoms with E-state index in [1.165, 1.54) is 12.8 Å². The van der Waals surface area contributed by atoms with Gasteiger partial charge in [0.05, 0.1) is 4.88 Å². The summed E-state index contributed by atoms with van der Waals surface area (Å²) in [6.07, 6.45) is 4.67. The lowest BCUT2D eigenvalue weighted by atomic mass is 10.0. The Morgan fingerprint density at radius 3 is 2.82 bits per heavy atom. The van der Waals surface area contributed by atoms with Gasteiger partial charge in [-0.25, -0.2) is 0 Å². The average Bonchev–Trinajstić information content (AvgIpc) is 3.01. The van der Waals surface area contributed by atoms with Crippen molar-refractivity contribution in [2.45, 2.75) is 58.5 Å². The van der Waals surface area contributed by atoms with E-state index in [0.29, 0.717) is 12.0 Å². The van der Waals surface area contributed by atoms with Crippen LogP contribution in [0.4, 0.5) is 0 Å². The zero-order valence-corrected chi connectivity index (χ0v) is 14.5. The summed E-state index contributed by atoms with van der Waals surface area (Å²) in [5, 5.41) is 6.11. The lowest BCUT2D eigenvalue weighted by Crippen LogP contribution is -2.39. The molecular formula is C17H25N3OS. The number of aryl methyl sites for hydroxylation is 1. The summed E-state index contributed by atoms with van der Waals surface area (Å²) >= 11 is 1.64. The number of nitrogens with zero attached hydrogens (tertiary/aromatic N) is 3. The first-order chi connectivity index (χ1) is 10.6. The number of aromatic nitrogens is 2. The van der Waals surface area contributed by atoms with E-state index in [4.69, 9.17) is 4.52 Å². The number of hydrogen-bond acceptors (Lipinski definition) is 5. The van der Waals surface area contributed by atoms with Gasteiger partial charge in [0, 0.05) is 18.5 Å². The third-order valence-corrected chi connectivity index (χ3v) is 5.39. The van der Waals surface area contributed by atoms with Crippen LogP contribution < -0.4 is 0 Å². The molecule has 0 N–H and O–H groups in total. The fourth-order valence-electron chi connectivity index (χ4n) is 2.78. The molecule has 1 unspecified atom stereocenters. The standard InChI is InChI=1S/C17H25N3OS/c1-12(2)13(3)20(14-8-9-14)10-4-7-16-18-17(19-21-16)15-6-5-11-22-15/h5-6,11-14H,4,7-10H2,1-3H3. The fourth-order valence-corrected chi connectivity index (χ4v) is 3.43. The van der Waals surface area contributed by atoms with Gasteiger partial charge < -0.3 is 4.52 Å². The molecule has 2 aromatic heterocycles. The summed E-state index contributed by atoms with van der Waals surface area (Å²) in [6.45, 7) is 8.10. The van der Waals surface area contributed by atoms with Crippen molar-refractivity contribution in [2.75, 3.05) is 6.54 Å². The first kappa shape index (κ1) is 15.7. The van der Waals surface area contributed by atoms with Crippen LogP contribution in [0.1, 0.15) is 45.9 Å². The molecule has 1 saturated carbocycles. The monoisotopic (exact) mass is 319 g/mol. The van der Waals surface area contributed by atoms with Crippen molar-refractivity contribution in [2.24, 2.45) is 5.92 Å². The van der Waals surface area contributed by atoms with Crippen LogP contribution in [0.5, 0.6) is 0 Å². The maximum Gasteiger partial charge on any atom is 0.227 e. The molecule has 1 aliphatic carbocycles. The molecule has 4 nitrogen and oxygen atoms in total. The van der Waals surface area contributed by atoms with Crippen LogP contribution in [0.3, 0.4) is 0 Å². The molecule has 22 heavy (non-hydrogen) atoms. The van der Waals surface area contributed by atoms with Crippen molar-refractivity contribution >= 4 is 11.3 Å². The van der Waals surface area contributed by atoms with Crippen LogP contribution >= 0.6 is 11.3 Å². The Morgan fingerprint density at radius 2 is 2.18 bits per heavy atom. The average molecular weight is 319 g/mol. The quantitative estimate of drug-likeness (QED) is 0.730. The van der Waals surface area contributed by atoms with Gasteiger partial charge in [0.25, 0.3) is 0 Å². The predicted octanol–water partition coefficient (Wildman–Crippen LogP) is 4.24. The van der Waals surface area contributed by atoms with Crippen LogP contribution in [0, 0.1) is 5.92 Å². The van der Waals surface area contributed by atoms with Gasteiger partial charge in [-0.2, -0.15) is 4.98 Å². The highest BCUT2D eigenvalue weighted by Crippen LogP contribution is 2.30. The third-order valence-electron chi connectivity index (χ3n) is 4.52. The van der Waals surface area contributed by atoms with Gasteiger partial charge in [-0.15, -0.1) is 11.3 Å². The normalized spacial score (nSPS) is 16.6. The Kier molecular flexibility index (Phi) is 4.93. The summed E-state index contributed by atoms with van der Waals surface area (Å²) in [5.74, 6) is 2.19. The van der Waals surface area contributed by atoms with Crippen molar-refractivity contribution in [1.29, 1.82) is 0 Å². The Labute approximate surface area is 136 Å². The van der Waals surface area contributed by atoms with Gasteiger partial charge in [0.15, 0.2) is 0 Å². The van der Waals surface area contributed by atoms with E-state index in [1.807, 2.05) is 17.5 Å². The Hall–Kier alpha value is -1.20. The van der Waals surface area contributed by atoms with E-state index >= 15 is 0 Å². The van der Waals surface area contributed by atoms with Crippen molar-refractivity contribution in [3.63, 3.8) is 0 Å². The second-order valence-corrected chi connectivity index (χ2v) is 7.49. The largest absolute Gasteiger partial charge is 0.339 e. The molecule has 1 fully saturated rings. The second kappa shape index (κ2) is 6.92. The molecule has 5 heteroatoms. The van der Waals surface area contributed by atoms with Crippen molar-refractivity contribution in [3.05, 3.63) is 23.4 Å². The zero-order valence-electron chi connectivity index (χ0n) is 13.7. The molecular weight excluding hydrogens is 294 g/mol. The molecule has 0 spiro atoms. The molecule has 2 heterocycles. The zero-order chi connectivity index (χ0) is 15.5. The smallest absolute Gasteiger partial charge is 0.227 e. The van der Waals surface area contributed by atoms with Gasteiger partial charge in [-0.3, -0.25) is 4.90 Å². The molecule has 0 aromatic carbocycles. The van der Waals surface area contributed by atoms with E-state index in [9.17, 15) is 0 Å². The Morgan fingerprint density at radius 1 is 1.36 bits per heavy atom. The molecule has 1 atom stereocenters. The summed E-state index contributed by atoms with van der Waals surface area (Å²) in [6, 6.07) is 5.49. The summed E-state index contributed by atoms with van der Waals surface area (Å²) < 4.78 is 5.38. The van der Waals surface area contributed by atoms with Crippen molar-refractivity contribution in [3.8, 4) is 10.7 Å². The molecule has 0 aliphatic heterocycles. The van der Waals surface area contributed by atoms with Crippen LogP contribution in [-0.4, -0.2) is 33.7 Å². The Bertz CT molecular complexity index is 575. The van der Waals surface area contributed by atoms with Crippen LogP contribution in [0.25, 0.3) is 10.7 Å². The van der Waals surface area contributed by atoms with E-state index in [-0.39, 0.29) is 0 Å². The van der Waals surface area contributed by atoms with Gasteiger partial charge in [-0.05, 0) is 50.1 Å². The van der Waals surface area contributed by atoms with Crippen LogP contribution in [0.15, 0.2) is 22.0 Å². The molecule has 0 bridgehead atoms. The maximum atomic E-state index is 5.38. The fraction of sp³-hybridized carbons (Fsp3) is 0.647. The van der Waals surface area contributed by atoms with E-state index in [2.05, 4.69) is 35.8 Å². The molecule has 0 saturated heterocycles. The van der Waals surface area contributed by atoms with E-state index in [1.54, 1.807) is 11.3 Å². The number of rotatable bonds is 8. The third kappa shape index (κ3) is 3.76. The lowest BCUT2D eigenvalue weighted by Gasteiger charge is -2.31. The Balaban J connectivity index is 1.52. The van der Waals surface area contributed by atoms with Gasteiger partial charge in [0.2, 0.25) is 11.7 Å². The van der Waals surface area contributed by atoms with E-state index < -0.39 is 0 Å². The summed E-state index contributed by atoms with van der Waals surface area (Å²) in [4.78, 5) is 8.24. The highest BCUT2D eigenvalue weighted by atomic mass is 32.1. The van der Waals surface area contributed by atoms with Gasteiger partial charge >= 0.3 is 0 Å². The van der Waals surface area contributed by atoms with Gasteiger partial charge in [-0.1, -0.05) is 25.1 Å².